The van der Waals surface area contributed by atoms with Crippen LogP contribution in [0.5, 0.6) is 11.8 Å². The Morgan fingerprint density at radius 1 is 1.21 bits per heavy atom. The third-order valence-electron chi connectivity index (χ3n) is 7.91. The van der Waals surface area contributed by atoms with Crippen molar-refractivity contribution in [1.29, 1.82) is 0 Å². The second-order valence-electron chi connectivity index (χ2n) is 11.8. The lowest BCUT2D eigenvalue weighted by molar-refractivity contribution is -0.0434. The molecule has 0 bridgehead atoms. The number of halogens is 2. The zero-order chi connectivity index (χ0) is 27.2. The molecular formula is C27H37BrClN5O4. The van der Waals surface area contributed by atoms with Gasteiger partial charge in [-0.3, -0.25) is 0 Å². The maximum absolute atomic E-state index is 12.5. The van der Waals surface area contributed by atoms with E-state index < -0.39 is 5.60 Å². The summed E-state index contributed by atoms with van der Waals surface area (Å²) in [6, 6.07) is 2.60. The van der Waals surface area contributed by atoms with Crippen molar-refractivity contribution in [2.75, 3.05) is 58.4 Å². The molecule has 11 heteroatoms. The standard InChI is InChI=1S/C27H37BrClN5O4/c1-26(2,3)38-25(35)34-15-27(16-34)8-11-33(12-9-27)23-18-13-19(29)20(28)22(36-5)21(18)30-24(31-23)37-14-17-7-6-10-32(17)4/h13,17H,6-12,14-16H2,1-5H3/t17-/m0/s1. The third-order valence-corrected chi connectivity index (χ3v) is 9.22. The summed E-state index contributed by atoms with van der Waals surface area (Å²) >= 11 is 10.1. The van der Waals surface area contributed by atoms with Crippen LogP contribution >= 0.6 is 27.5 Å². The van der Waals surface area contributed by atoms with Crippen LogP contribution in [0.1, 0.15) is 46.5 Å². The lowest BCUT2D eigenvalue weighted by Crippen LogP contribution is -2.62. The van der Waals surface area contributed by atoms with Crippen LogP contribution in [0, 0.1) is 5.41 Å². The maximum atomic E-state index is 12.5. The Bertz CT molecular complexity index is 1210. The number of methoxy groups -OCH3 is 1. The zero-order valence-corrected chi connectivity index (χ0v) is 25.2. The first kappa shape index (κ1) is 27.5. The first-order valence-corrected chi connectivity index (χ1v) is 14.5. The van der Waals surface area contributed by atoms with Crippen molar-refractivity contribution >= 4 is 50.3 Å². The molecule has 1 atom stereocenters. The molecule has 5 rings (SSSR count). The van der Waals surface area contributed by atoms with Crippen molar-refractivity contribution in [3.05, 3.63) is 15.6 Å². The number of hydrogen-bond donors (Lipinski definition) is 0. The number of piperidine rings is 1. The van der Waals surface area contributed by atoms with Crippen LogP contribution in [0.2, 0.25) is 5.02 Å². The van der Waals surface area contributed by atoms with Crippen LogP contribution in [0.3, 0.4) is 0 Å². The Labute approximate surface area is 237 Å². The molecule has 38 heavy (non-hydrogen) atoms. The number of ether oxygens (including phenoxy) is 3. The first-order valence-electron chi connectivity index (χ1n) is 13.3. The van der Waals surface area contributed by atoms with Gasteiger partial charge in [0.25, 0.3) is 0 Å². The van der Waals surface area contributed by atoms with E-state index in [9.17, 15) is 4.79 Å². The molecular weight excluding hydrogens is 574 g/mol. The largest absolute Gasteiger partial charge is 0.493 e. The minimum Gasteiger partial charge on any atom is -0.493 e. The van der Waals surface area contributed by atoms with Gasteiger partial charge in [-0.2, -0.15) is 9.97 Å². The van der Waals surface area contributed by atoms with Crippen molar-refractivity contribution in [2.24, 2.45) is 5.41 Å². The normalized spacial score (nSPS) is 21.6. The van der Waals surface area contributed by atoms with Gasteiger partial charge in [0.1, 0.15) is 23.5 Å². The molecule has 1 amide bonds. The number of nitrogens with zero attached hydrogens (tertiary/aromatic N) is 5. The Morgan fingerprint density at radius 3 is 2.53 bits per heavy atom. The highest BCUT2D eigenvalue weighted by Gasteiger charge is 2.48. The van der Waals surface area contributed by atoms with Crippen LogP contribution in [0.15, 0.2) is 10.5 Å². The average molecular weight is 611 g/mol. The Morgan fingerprint density at radius 2 is 1.92 bits per heavy atom. The van der Waals surface area contributed by atoms with E-state index in [2.05, 4.69) is 32.8 Å². The van der Waals surface area contributed by atoms with E-state index in [0.29, 0.717) is 39.4 Å². The molecule has 1 aromatic heterocycles. The number of rotatable bonds is 5. The van der Waals surface area contributed by atoms with Crippen molar-refractivity contribution in [1.82, 2.24) is 19.8 Å². The summed E-state index contributed by atoms with van der Waals surface area (Å²) in [6.45, 7) is 10.4. The van der Waals surface area contributed by atoms with Gasteiger partial charge < -0.3 is 28.9 Å². The predicted molar refractivity (Wildman–Crippen MR) is 152 cm³/mol. The summed E-state index contributed by atoms with van der Waals surface area (Å²) in [6.07, 6.45) is 3.98. The number of likely N-dealkylation sites (N-methyl/N-ethyl adjacent to an activating group) is 1. The van der Waals surface area contributed by atoms with Gasteiger partial charge in [0.15, 0.2) is 5.75 Å². The number of amides is 1. The molecule has 3 saturated heterocycles. The van der Waals surface area contributed by atoms with Gasteiger partial charge in [0.05, 0.1) is 16.6 Å². The number of anilines is 1. The van der Waals surface area contributed by atoms with E-state index in [0.717, 1.165) is 63.2 Å². The van der Waals surface area contributed by atoms with Crippen LogP contribution in [-0.4, -0.2) is 91.0 Å². The molecule has 0 aliphatic carbocycles. The van der Waals surface area contributed by atoms with Crippen LogP contribution < -0.4 is 14.4 Å². The molecule has 1 aromatic carbocycles. The zero-order valence-electron chi connectivity index (χ0n) is 22.9. The SMILES string of the molecule is COc1c(Br)c(Cl)cc2c(N3CCC4(CC3)CN(C(=O)OC(C)(C)C)C4)nc(OC[C@@H]3CCCN3C)nc12. The topological polar surface area (TPSA) is 80.3 Å². The molecule has 0 saturated carbocycles. The molecule has 3 fully saturated rings. The van der Waals surface area contributed by atoms with Gasteiger partial charge in [-0.15, -0.1) is 0 Å². The number of aromatic nitrogens is 2. The summed E-state index contributed by atoms with van der Waals surface area (Å²) < 4.78 is 18.1. The second kappa shape index (κ2) is 10.5. The number of benzene rings is 1. The van der Waals surface area contributed by atoms with Crippen LogP contribution in [-0.2, 0) is 4.74 Å². The molecule has 0 radical (unpaired) electrons. The molecule has 9 nitrogen and oxygen atoms in total. The van der Waals surface area contributed by atoms with Crippen molar-refractivity contribution in [3.63, 3.8) is 0 Å². The van der Waals surface area contributed by atoms with Crippen LogP contribution in [0.4, 0.5) is 10.6 Å². The molecule has 1 spiro atoms. The number of likely N-dealkylation sites (tertiary alicyclic amines) is 2. The first-order chi connectivity index (χ1) is 18.0. The Hall–Kier alpha value is -2.04. The number of fused-ring (bicyclic) bond motifs is 1. The van der Waals surface area contributed by atoms with Gasteiger partial charge in [-0.1, -0.05) is 11.6 Å². The predicted octanol–water partition coefficient (Wildman–Crippen LogP) is 5.36. The fourth-order valence-electron chi connectivity index (χ4n) is 5.73. The highest BCUT2D eigenvalue weighted by Crippen LogP contribution is 2.45. The lowest BCUT2D eigenvalue weighted by Gasteiger charge is -2.53. The van der Waals surface area contributed by atoms with Crippen molar-refractivity contribution < 1.29 is 19.0 Å². The summed E-state index contributed by atoms with van der Waals surface area (Å²) in [5, 5.41) is 1.38. The van der Waals surface area contributed by atoms with E-state index in [1.807, 2.05) is 31.7 Å². The minimum atomic E-state index is -0.485. The highest BCUT2D eigenvalue weighted by molar-refractivity contribution is 9.10. The summed E-state index contributed by atoms with van der Waals surface area (Å²) in [4.78, 5) is 28.5. The summed E-state index contributed by atoms with van der Waals surface area (Å²) in [5.74, 6) is 1.37. The van der Waals surface area contributed by atoms with E-state index in [4.69, 9.17) is 35.8 Å². The summed E-state index contributed by atoms with van der Waals surface area (Å²) in [5.41, 5.74) is 0.311. The number of carbonyl (C=O) groups is 1. The summed E-state index contributed by atoms with van der Waals surface area (Å²) in [7, 11) is 3.74. The molecule has 3 aliphatic rings. The van der Waals surface area contributed by atoms with Gasteiger partial charge in [0.2, 0.25) is 0 Å². The van der Waals surface area contributed by atoms with Crippen LogP contribution in [0.25, 0.3) is 10.9 Å². The molecule has 4 heterocycles. The molecule has 0 unspecified atom stereocenters. The van der Waals surface area contributed by atoms with Crippen molar-refractivity contribution in [2.45, 2.75) is 58.1 Å². The average Bonchev–Trinajstić information content (AvgIpc) is 3.25. The Balaban J connectivity index is 1.36. The second-order valence-corrected chi connectivity index (χ2v) is 13.0. The number of carbonyl (C=O) groups excluding carboxylic acids is 1. The maximum Gasteiger partial charge on any atom is 0.410 e. The molecule has 2 aromatic rings. The van der Waals surface area contributed by atoms with Gasteiger partial charge in [0, 0.05) is 43.0 Å². The van der Waals surface area contributed by atoms with Gasteiger partial charge in [-0.05, 0) is 82.0 Å². The lowest BCUT2D eigenvalue weighted by atomic mass is 9.72. The third kappa shape index (κ3) is 5.49. The van der Waals surface area contributed by atoms with E-state index in [1.54, 1.807) is 7.11 Å². The van der Waals surface area contributed by atoms with Gasteiger partial charge >= 0.3 is 12.1 Å². The molecule has 3 aliphatic heterocycles. The quantitative estimate of drug-likeness (QED) is 0.448. The minimum absolute atomic E-state index is 0.126. The Kier molecular flexibility index (Phi) is 7.61. The smallest absolute Gasteiger partial charge is 0.410 e. The van der Waals surface area contributed by atoms with Crippen molar-refractivity contribution in [3.8, 4) is 11.8 Å². The highest BCUT2D eigenvalue weighted by atomic mass is 79.9. The van der Waals surface area contributed by atoms with E-state index in [1.165, 1.54) is 6.42 Å². The fraction of sp³-hybridized carbons (Fsp3) is 0.667. The molecule has 0 N–H and O–H groups in total. The molecule has 208 valence electrons. The monoisotopic (exact) mass is 609 g/mol. The number of hydrogen-bond acceptors (Lipinski definition) is 8. The van der Waals surface area contributed by atoms with Gasteiger partial charge in [-0.25, -0.2) is 4.79 Å². The van der Waals surface area contributed by atoms with E-state index >= 15 is 0 Å². The fourth-order valence-corrected chi connectivity index (χ4v) is 6.39. The van der Waals surface area contributed by atoms with E-state index in [-0.39, 0.29) is 11.5 Å².